The summed E-state index contributed by atoms with van der Waals surface area (Å²) in [6.45, 7) is 3.26. The largest absolute Gasteiger partial charge is 0.492 e. The summed E-state index contributed by atoms with van der Waals surface area (Å²) in [6, 6.07) is 16.0. The number of para-hydroxylation sites is 2. The summed E-state index contributed by atoms with van der Waals surface area (Å²) >= 11 is 0. The van der Waals surface area contributed by atoms with E-state index >= 15 is 0 Å². The molecular weight excluding hydrogens is 300 g/mol. The number of rotatable bonds is 6. The van der Waals surface area contributed by atoms with E-state index in [1.54, 1.807) is 0 Å². The van der Waals surface area contributed by atoms with Crippen LogP contribution in [0.2, 0.25) is 0 Å². The first-order chi connectivity index (χ1) is 11.7. The van der Waals surface area contributed by atoms with Gasteiger partial charge < -0.3 is 15.0 Å². The van der Waals surface area contributed by atoms with Crippen molar-refractivity contribution in [3.8, 4) is 23.2 Å². The van der Waals surface area contributed by atoms with E-state index in [2.05, 4.69) is 16.7 Å². The Bertz CT molecular complexity index is 892. The number of anilines is 1. The number of benzene rings is 2. The molecule has 24 heavy (non-hydrogen) atoms. The number of imidazole rings is 1. The maximum atomic E-state index is 8.81. The lowest BCUT2D eigenvalue weighted by Crippen LogP contribution is -2.02. The summed E-state index contributed by atoms with van der Waals surface area (Å²) in [5, 5.41) is 8.81. The molecule has 3 aromatic rings. The van der Waals surface area contributed by atoms with Gasteiger partial charge in [0.15, 0.2) is 0 Å². The number of hydrogen-bond acceptors (Lipinski definition) is 4. The summed E-state index contributed by atoms with van der Waals surface area (Å²) in [4.78, 5) is 4.76. The lowest BCUT2D eigenvalue weighted by molar-refractivity contribution is 0.342. The zero-order valence-electron chi connectivity index (χ0n) is 13.7. The number of unbranched alkanes of at least 4 members (excludes halogenated alkanes) is 1. The molecule has 1 aromatic heterocycles. The van der Waals surface area contributed by atoms with E-state index in [0.29, 0.717) is 24.5 Å². The molecule has 0 saturated carbocycles. The van der Waals surface area contributed by atoms with Crippen molar-refractivity contribution >= 4 is 16.7 Å². The molecule has 0 bridgehead atoms. The molecule has 0 saturated heterocycles. The van der Waals surface area contributed by atoms with E-state index < -0.39 is 0 Å². The molecule has 0 atom stereocenters. The lowest BCUT2D eigenvalue weighted by Gasteiger charge is -2.11. The number of nitriles is 1. The fraction of sp³-hybridized carbons (Fsp3) is 0.263. The van der Waals surface area contributed by atoms with Crippen molar-refractivity contribution < 1.29 is 4.74 Å². The van der Waals surface area contributed by atoms with Crippen LogP contribution in [-0.4, -0.2) is 16.2 Å². The molecule has 0 aliphatic heterocycles. The van der Waals surface area contributed by atoms with Crippen molar-refractivity contribution in [1.82, 2.24) is 9.55 Å². The molecular formula is C19H20N4O. The molecule has 122 valence electrons. The zero-order valence-corrected chi connectivity index (χ0v) is 13.7. The Kier molecular flexibility index (Phi) is 4.66. The lowest BCUT2D eigenvalue weighted by atomic mass is 10.1. The minimum atomic E-state index is 0.525. The van der Waals surface area contributed by atoms with Gasteiger partial charge in [-0.2, -0.15) is 5.26 Å². The third kappa shape index (κ3) is 3.04. The van der Waals surface area contributed by atoms with Gasteiger partial charge in [0.25, 0.3) is 0 Å². The fourth-order valence-electron chi connectivity index (χ4n) is 2.81. The van der Waals surface area contributed by atoms with Gasteiger partial charge in [-0.1, -0.05) is 12.1 Å². The SMILES string of the molecule is CCOc1ccc(-c2nc3ccccc3n2CCCC#N)cc1N. The number of nitrogen functional groups attached to an aromatic ring is 1. The highest BCUT2D eigenvalue weighted by atomic mass is 16.5. The van der Waals surface area contributed by atoms with Gasteiger partial charge in [-0.05, 0) is 43.7 Å². The van der Waals surface area contributed by atoms with E-state index in [9.17, 15) is 0 Å². The first-order valence-corrected chi connectivity index (χ1v) is 8.09. The highest BCUT2D eigenvalue weighted by Crippen LogP contribution is 2.30. The molecule has 0 spiro atoms. The second kappa shape index (κ2) is 7.05. The van der Waals surface area contributed by atoms with Crippen LogP contribution in [0.3, 0.4) is 0 Å². The average molecular weight is 320 g/mol. The Hall–Kier alpha value is -3.00. The maximum absolute atomic E-state index is 8.81. The molecule has 0 amide bonds. The maximum Gasteiger partial charge on any atom is 0.142 e. The van der Waals surface area contributed by atoms with Crippen molar-refractivity contribution in [2.45, 2.75) is 26.3 Å². The van der Waals surface area contributed by atoms with Gasteiger partial charge in [0, 0.05) is 18.5 Å². The van der Waals surface area contributed by atoms with Gasteiger partial charge in [-0.25, -0.2) is 4.98 Å². The number of fused-ring (bicyclic) bond motifs is 1. The predicted octanol–water partition coefficient (Wildman–Crippen LogP) is 3.99. The minimum Gasteiger partial charge on any atom is -0.492 e. The Labute approximate surface area is 141 Å². The highest BCUT2D eigenvalue weighted by Gasteiger charge is 2.13. The van der Waals surface area contributed by atoms with Crippen LogP contribution < -0.4 is 10.5 Å². The van der Waals surface area contributed by atoms with Gasteiger partial charge in [-0.3, -0.25) is 0 Å². The second-order valence-corrected chi connectivity index (χ2v) is 5.52. The van der Waals surface area contributed by atoms with Crippen LogP contribution in [0.1, 0.15) is 19.8 Å². The number of hydrogen-bond donors (Lipinski definition) is 1. The molecule has 0 fully saturated rings. The average Bonchev–Trinajstić information content (AvgIpc) is 2.96. The first kappa shape index (κ1) is 15.9. The minimum absolute atomic E-state index is 0.525. The van der Waals surface area contributed by atoms with Crippen molar-refractivity contribution in [3.05, 3.63) is 42.5 Å². The number of nitrogens with two attached hydrogens (primary N) is 1. The normalized spacial score (nSPS) is 10.7. The van der Waals surface area contributed by atoms with Crippen LogP contribution in [0.4, 0.5) is 5.69 Å². The summed E-state index contributed by atoms with van der Waals surface area (Å²) in [7, 11) is 0. The Morgan fingerprint density at radius 1 is 1.25 bits per heavy atom. The van der Waals surface area contributed by atoms with Crippen LogP contribution in [0.25, 0.3) is 22.4 Å². The summed E-state index contributed by atoms with van der Waals surface area (Å²) in [5.41, 5.74) is 9.66. The van der Waals surface area contributed by atoms with Crippen LogP contribution in [0.5, 0.6) is 5.75 Å². The molecule has 2 N–H and O–H groups in total. The molecule has 5 nitrogen and oxygen atoms in total. The quantitative estimate of drug-likeness (QED) is 0.550. The van der Waals surface area contributed by atoms with Crippen LogP contribution >= 0.6 is 0 Å². The third-order valence-corrected chi connectivity index (χ3v) is 3.89. The van der Waals surface area contributed by atoms with Gasteiger partial charge in [0.1, 0.15) is 11.6 Å². The van der Waals surface area contributed by atoms with E-state index in [1.807, 2.05) is 43.3 Å². The van der Waals surface area contributed by atoms with Crippen molar-refractivity contribution in [1.29, 1.82) is 5.26 Å². The number of aromatic nitrogens is 2. The molecule has 1 heterocycles. The Morgan fingerprint density at radius 3 is 2.83 bits per heavy atom. The second-order valence-electron chi connectivity index (χ2n) is 5.52. The molecule has 2 aromatic carbocycles. The number of ether oxygens (including phenoxy) is 1. The zero-order chi connectivity index (χ0) is 16.9. The molecule has 0 unspecified atom stereocenters. The topological polar surface area (TPSA) is 76.9 Å². The Morgan fingerprint density at radius 2 is 2.08 bits per heavy atom. The monoisotopic (exact) mass is 320 g/mol. The Balaban J connectivity index is 2.06. The van der Waals surface area contributed by atoms with E-state index in [1.165, 1.54) is 0 Å². The molecule has 0 radical (unpaired) electrons. The summed E-state index contributed by atoms with van der Waals surface area (Å²) in [6.07, 6.45) is 1.31. The van der Waals surface area contributed by atoms with Gasteiger partial charge in [0.2, 0.25) is 0 Å². The van der Waals surface area contributed by atoms with Crippen LogP contribution in [0, 0.1) is 11.3 Å². The third-order valence-electron chi connectivity index (χ3n) is 3.89. The van der Waals surface area contributed by atoms with E-state index in [-0.39, 0.29) is 0 Å². The summed E-state index contributed by atoms with van der Waals surface area (Å²) < 4.78 is 7.66. The van der Waals surface area contributed by atoms with E-state index in [0.717, 1.165) is 35.4 Å². The highest BCUT2D eigenvalue weighted by molar-refractivity contribution is 5.81. The molecule has 5 heteroatoms. The number of nitrogens with zero attached hydrogens (tertiary/aromatic N) is 3. The standard InChI is InChI=1S/C19H20N4O/c1-2-24-18-10-9-14(13-15(18)21)19-22-16-7-3-4-8-17(16)23(19)12-6-5-11-20/h3-4,7-10,13H,2,5-6,12,21H2,1H3. The smallest absolute Gasteiger partial charge is 0.142 e. The molecule has 0 aliphatic carbocycles. The fourth-order valence-corrected chi connectivity index (χ4v) is 2.81. The van der Waals surface area contributed by atoms with E-state index in [4.69, 9.17) is 20.7 Å². The van der Waals surface area contributed by atoms with Crippen molar-refractivity contribution in [2.24, 2.45) is 0 Å². The van der Waals surface area contributed by atoms with Gasteiger partial charge in [0.05, 0.1) is 29.4 Å². The summed E-state index contributed by atoms with van der Waals surface area (Å²) in [5.74, 6) is 1.55. The van der Waals surface area contributed by atoms with Crippen molar-refractivity contribution in [2.75, 3.05) is 12.3 Å². The van der Waals surface area contributed by atoms with Crippen molar-refractivity contribution in [3.63, 3.8) is 0 Å². The predicted molar refractivity (Wildman–Crippen MR) is 95.6 cm³/mol. The molecule has 3 rings (SSSR count). The van der Waals surface area contributed by atoms with Crippen LogP contribution in [-0.2, 0) is 6.54 Å². The van der Waals surface area contributed by atoms with Crippen LogP contribution in [0.15, 0.2) is 42.5 Å². The van der Waals surface area contributed by atoms with Gasteiger partial charge in [-0.15, -0.1) is 0 Å². The number of aryl methyl sites for hydroxylation is 1. The first-order valence-electron chi connectivity index (χ1n) is 8.09. The van der Waals surface area contributed by atoms with Gasteiger partial charge >= 0.3 is 0 Å². The molecule has 0 aliphatic rings.